The van der Waals surface area contributed by atoms with Crippen molar-refractivity contribution in [3.8, 4) is 6.07 Å². The molecule has 1 atom stereocenters. The quantitative estimate of drug-likeness (QED) is 0.778. The molecule has 0 aliphatic rings. The average Bonchev–Trinajstić information content (AvgIpc) is 2.49. The third kappa shape index (κ3) is 3.67. The van der Waals surface area contributed by atoms with Crippen LogP contribution in [0.2, 0.25) is 0 Å². The fourth-order valence-corrected chi connectivity index (χ4v) is 3.19. The van der Waals surface area contributed by atoms with Gasteiger partial charge in [0, 0.05) is 0 Å². The molecule has 0 unspecified atom stereocenters. The van der Waals surface area contributed by atoms with Gasteiger partial charge in [-0.3, -0.25) is 0 Å². The van der Waals surface area contributed by atoms with Crippen LogP contribution in [0.3, 0.4) is 0 Å². The van der Waals surface area contributed by atoms with E-state index < -0.39 is 0 Å². The van der Waals surface area contributed by atoms with Crippen molar-refractivity contribution in [3.63, 3.8) is 0 Å². The second-order valence-corrected chi connectivity index (χ2v) is 6.64. The number of rotatable bonds is 6. The molecule has 22 heavy (non-hydrogen) atoms. The Morgan fingerprint density at radius 1 is 1.05 bits per heavy atom. The van der Waals surface area contributed by atoms with Gasteiger partial charge in [0.25, 0.3) is 0 Å². The summed E-state index contributed by atoms with van der Waals surface area (Å²) in [6.07, 6.45) is 1.64. The molecule has 0 aliphatic heterocycles. The molecule has 0 saturated carbocycles. The zero-order chi connectivity index (χ0) is 16.1. The molecular formula is C20H26N2. The molecular weight excluding hydrogens is 268 g/mol. The summed E-state index contributed by atoms with van der Waals surface area (Å²) >= 11 is 0. The van der Waals surface area contributed by atoms with Crippen LogP contribution in [0, 0.1) is 17.2 Å². The van der Waals surface area contributed by atoms with Crippen molar-refractivity contribution in [2.45, 2.75) is 32.6 Å². The van der Waals surface area contributed by atoms with E-state index in [0.717, 1.165) is 18.5 Å². The summed E-state index contributed by atoms with van der Waals surface area (Å²) < 4.78 is 0. The van der Waals surface area contributed by atoms with Gasteiger partial charge in [-0.1, -0.05) is 50.2 Å². The van der Waals surface area contributed by atoms with E-state index in [1.165, 1.54) is 16.3 Å². The molecule has 0 saturated heterocycles. The predicted octanol–water partition coefficient (Wildman–Crippen LogP) is 4.60. The van der Waals surface area contributed by atoms with E-state index in [2.05, 4.69) is 75.3 Å². The lowest BCUT2D eigenvalue weighted by Gasteiger charge is -2.25. The van der Waals surface area contributed by atoms with Gasteiger partial charge in [-0.25, -0.2) is 0 Å². The maximum Gasteiger partial charge on any atom is 0.0669 e. The van der Waals surface area contributed by atoms with Gasteiger partial charge >= 0.3 is 0 Å². The number of hydrogen-bond acceptors (Lipinski definition) is 2. The second kappa shape index (κ2) is 7.42. The van der Waals surface area contributed by atoms with Gasteiger partial charge < -0.3 is 4.90 Å². The number of fused-ring (bicyclic) bond motifs is 1. The molecule has 0 fully saturated rings. The SMILES string of the molecule is CC(C)[C@H](CCN(C)C)c1ccc(CC#N)c2ccccc12. The van der Waals surface area contributed by atoms with E-state index in [4.69, 9.17) is 5.26 Å². The Morgan fingerprint density at radius 2 is 1.73 bits per heavy atom. The Bertz CT molecular complexity index is 665. The smallest absolute Gasteiger partial charge is 0.0669 e. The molecule has 0 amide bonds. The summed E-state index contributed by atoms with van der Waals surface area (Å²) in [7, 11) is 4.26. The fourth-order valence-electron chi connectivity index (χ4n) is 3.19. The van der Waals surface area contributed by atoms with Crippen LogP contribution in [-0.4, -0.2) is 25.5 Å². The maximum atomic E-state index is 9.04. The second-order valence-electron chi connectivity index (χ2n) is 6.64. The molecule has 2 heteroatoms. The minimum absolute atomic E-state index is 0.477. The van der Waals surface area contributed by atoms with E-state index >= 15 is 0 Å². The van der Waals surface area contributed by atoms with Crippen molar-refractivity contribution < 1.29 is 0 Å². The summed E-state index contributed by atoms with van der Waals surface area (Å²) in [5.41, 5.74) is 2.56. The van der Waals surface area contributed by atoms with Gasteiger partial charge in [0.05, 0.1) is 12.5 Å². The lowest BCUT2D eigenvalue weighted by Crippen LogP contribution is -2.18. The monoisotopic (exact) mass is 294 g/mol. The Kier molecular flexibility index (Phi) is 5.57. The first-order chi connectivity index (χ1) is 10.5. The molecule has 116 valence electrons. The molecule has 0 aromatic heterocycles. The number of benzene rings is 2. The third-order valence-electron chi connectivity index (χ3n) is 4.41. The van der Waals surface area contributed by atoms with E-state index in [1.54, 1.807) is 0 Å². The fraction of sp³-hybridized carbons (Fsp3) is 0.450. The highest BCUT2D eigenvalue weighted by atomic mass is 15.0. The van der Waals surface area contributed by atoms with Crippen LogP contribution in [0.1, 0.15) is 37.3 Å². The number of hydrogen-bond donors (Lipinski definition) is 0. The van der Waals surface area contributed by atoms with Crippen molar-refractivity contribution in [1.82, 2.24) is 4.90 Å². The van der Waals surface area contributed by atoms with Gasteiger partial charge in [-0.05, 0) is 60.8 Å². The zero-order valence-electron chi connectivity index (χ0n) is 14.1. The van der Waals surface area contributed by atoms with Crippen molar-refractivity contribution in [3.05, 3.63) is 47.5 Å². The van der Waals surface area contributed by atoms with Crippen LogP contribution in [0.4, 0.5) is 0 Å². The molecule has 0 heterocycles. The van der Waals surface area contributed by atoms with Crippen molar-refractivity contribution >= 4 is 10.8 Å². The largest absolute Gasteiger partial charge is 0.309 e. The van der Waals surface area contributed by atoms with E-state index in [1.807, 2.05) is 0 Å². The van der Waals surface area contributed by atoms with Crippen LogP contribution in [0.25, 0.3) is 10.8 Å². The zero-order valence-corrected chi connectivity index (χ0v) is 14.1. The molecule has 2 aromatic carbocycles. The molecule has 0 N–H and O–H groups in total. The standard InChI is InChI=1S/C20H26N2/c1-15(2)17(12-14-22(3)4)20-10-9-16(11-13-21)18-7-5-6-8-19(18)20/h5-10,15,17H,11-12,14H2,1-4H3/t17-/m0/s1. The van der Waals surface area contributed by atoms with Crippen molar-refractivity contribution in [2.24, 2.45) is 5.92 Å². The Morgan fingerprint density at radius 3 is 2.32 bits per heavy atom. The lowest BCUT2D eigenvalue weighted by atomic mass is 9.82. The topological polar surface area (TPSA) is 27.0 Å². The van der Waals surface area contributed by atoms with Crippen LogP contribution in [0.15, 0.2) is 36.4 Å². The van der Waals surface area contributed by atoms with Crippen LogP contribution < -0.4 is 0 Å². The Labute approximate surface area is 134 Å². The number of nitriles is 1. The van der Waals surface area contributed by atoms with Gasteiger partial charge in [-0.2, -0.15) is 5.26 Å². The van der Waals surface area contributed by atoms with Gasteiger partial charge in [0.1, 0.15) is 0 Å². The van der Waals surface area contributed by atoms with E-state index in [0.29, 0.717) is 18.3 Å². The summed E-state index contributed by atoms with van der Waals surface area (Å²) in [6.45, 7) is 5.70. The van der Waals surface area contributed by atoms with E-state index in [-0.39, 0.29) is 0 Å². The highest BCUT2D eigenvalue weighted by Gasteiger charge is 2.19. The minimum atomic E-state index is 0.477. The van der Waals surface area contributed by atoms with Gasteiger partial charge in [-0.15, -0.1) is 0 Å². The average molecular weight is 294 g/mol. The minimum Gasteiger partial charge on any atom is -0.309 e. The first-order valence-electron chi connectivity index (χ1n) is 8.06. The first-order valence-corrected chi connectivity index (χ1v) is 8.06. The molecule has 0 spiro atoms. The van der Waals surface area contributed by atoms with Gasteiger partial charge in [0.2, 0.25) is 0 Å². The Hall–Kier alpha value is -1.85. The highest BCUT2D eigenvalue weighted by molar-refractivity contribution is 5.89. The maximum absolute atomic E-state index is 9.04. The van der Waals surface area contributed by atoms with Crippen LogP contribution in [0.5, 0.6) is 0 Å². The third-order valence-corrected chi connectivity index (χ3v) is 4.41. The molecule has 2 aromatic rings. The van der Waals surface area contributed by atoms with Crippen LogP contribution in [-0.2, 0) is 6.42 Å². The molecule has 2 nitrogen and oxygen atoms in total. The van der Waals surface area contributed by atoms with Gasteiger partial charge in [0.15, 0.2) is 0 Å². The highest BCUT2D eigenvalue weighted by Crippen LogP contribution is 2.34. The molecule has 0 aliphatic carbocycles. The lowest BCUT2D eigenvalue weighted by molar-refractivity contribution is 0.353. The number of nitrogens with zero attached hydrogens (tertiary/aromatic N) is 2. The van der Waals surface area contributed by atoms with Crippen molar-refractivity contribution in [1.29, 1.82) is 5.26 Å². The Balaban J connectivity index is 2.49. The van der Waals surface area contributed by atoms with Crippen LogP contribution >= 0.6 is 0 Å². The molecule has 0 radical (unpaired) electrons. The normalized spacial score (nSPS) is 12.8. The first kappa shape index (κ1) is 16.5. The molecule has 0 bridgehead atoms. The van der Waals surface area contributed by atoms with E-state index in [9.17, 15) is 0 Å². The summed E-state index contributed by atoms with van der Waals surface area (Å²) in [5, 5.41) is 11.6. The van der Waals surface area contributed by atoms with Crippen molar-refractivity contribution in [2.75, 3.05) is 20.6 Å². The predicted molar refractivity (Wildman–Crippen MR) is 94.0 cm³/mol. The summed E-state index contributed by atoms with van der Waals surface area (Å²) in [6, 6.07) is 15.2. The molecule has 2 rings (SSSR count). The summed E-state index contributed by atoms with van der Waals surface area (Å²) in [4.78, 5) is 2.25. The summed E-state index contributed by atoms with van der Waals surface area (Å²) in [5.74, 6) is 1.15.